The highest BCUT2D eigenvalue weighted by atomic mass is 79.9. The molecule has 3 nitrogen and oxygen atoms in total. The average Bonchev–Trinajstić information content (AvgIpc) is 2.30. The summed E-state index contributed by atoms with van der Waals surface area (Å²) in [6.45, 7) is 1.91. The number of benzene rings is 1. The van der Waals surface area contributed by atoms with Crippen LogP contribution in [-0.4, -0.2) is 35.2 Å². The van der Waals surface area contributed by atoms with E-state index in [-0.39, 0.29) is 12.5 Å². The van der Waals surface area contributed by atoms with Crippen molar-refractivity contribution in [1.29, 1.82) is 0 Å². The Morgan fingerprint density at radius 2 is 2.28 bits per heavy atom. The van der Waals surface area contributed by atoms with E-state index >= 15 is 0 Å². The molecule has 1 amide bonds. The lowest BCUT2D eigenvalue weighted by Gasteiger charge is -2.22. The van der Waals surface area contributed by atoms with Gasteiger partial charge < -0.3 is 10.4 Å². The average molecular weight is 353 g/mol. The summed E-state index contributed by atoms with van der Waals surface area (Å²) in [6, 6.07) is 4.95. The van der Waals surface area contributed by atoms with E-state index in [4.69, 9.17) is 11.6 Å². The fourth-order valence-electron chi connectivity index (χ4n) is 1.37. The van der Waals surface area contributed by atoms with Gasteiger partial charge >= 0.3 is 0 Å². The molecule has 0 saturated carbocycles. The van der Waals surface area contributed by atoms with E-state index in [1.54, 1.807) is 25.1 Å². The molecule has 0 aliphatic rings. The molecule has 100 valence electrons. The molecule has 0 aromatic heterocycles. The third-order valence-corrected chi connectivity index (χ3v) is 4.39. The number of nitrogens with one attached hydrogen (secondary N) is 1. The summed E-state index contributed by atoms with van der Waals surface area (Å²) in [4.78, 5) is 11.9. The van der Waals surface area contributed by atoms with Crippen LogP contribution < -0.4 is 5.32 Å². The van der Waals surface area contributed by atoms with Gasteiger partial charge in [0.2, 0.25) is 0 Å². The number of hydrogen-bond acceptors (Lipinski definition) is 3. The molecular formula is C12H15BrClNO2S. The van der Waals surface area contributed by atoms with Crippen LogP contribution in [0.4, 0.5) is 0 Å². The van der Waals surface area contributed by atoms with Crippen LogP contribution in [-0.2, 0) is 0 Å². The first-order chi connectivity index (χ1) is 8.35. The van der Waals surface area contributed by atoms with Gasteiger partial charge in [0.1, 0.15) is 0 Å². The van der Waals surface area contributed by atoms with Crippen LogP contribution in [0.3, 0.4) is 0 Å². The lowest BCUT2D eigenvalue weighted by Crippen LogP contribution is -2.42. The van der Waals surface area contributed by atoms with E-state index in [0.29, 0.717) is 20.8 Å². The largest absolute Gasteiger partial charge is 0.387 e. The second kappa shape index (κ2) is 6.80. The Morgan fingerprint density at radius 1 is 1.61 bits per heavy atom. The first-order valence-electron chi connectivity index (χ1n) is 5.30. The quantitative estimate of drug-likeness (QED) is 0.856. The number of rotatable bonds is 5. The molecule has 1 aromatic carbocycles. The highest BCUT2D eigenvalue weighted by molar-refractivity contribution is 9.10. The van der Waals surface area contributed by atoms with Crippen LogP contribution in [0.15, 0.2) is 22.7 Å². The van der Waals surface area contributed by atoms with Gasteiger partial charge in [-0.15, -0.1) is 0 Å². The number of carbonyl (C=O) groups excluding carboxylic acids is 1. The minimum absolute atomic E-state index is 0.215. The molecule has 1 unspecified atom stereocenters. The summed E-state index contributed by atoms with van der Waals surface area (Å²) < 4.78 is 0.674. The summed E-state index contributed by atoms with van der Waals surface area (Å²) in [5.74, 6) is 0.339. The third-order valence-electron chi connectivity index (χ3n) is 2.27. The van der Waals surface area contributed by atoms with Crippen LogP contribution in [0.1, 0.15) is 17.3 Å². The lowest BCUT2D eigenvalue weighted by atomic mass is 10.1. The molecule has 0 spiro atoms. The van der Waals surface area contributed by atoms with E-state index in [9.17, 15) is 9.90 Å². The van der Waals surface area contributed by atoms with Crippen molar-refractivity contribution in [2.75, 3.05) is 18.6 Å². The standard InChI is InChI=1S/C12H15BrClNO2S/c1-12(17,7-18-2)6-15-11(16)8-3-4-10(14)9(13)5-8/h3-5,17H,6-7H2,1-2H3,(H,15,16). The fraction of sp³-hybridized carbons (Fsp3) is 0.417. The lowest BCUT2D eigenvalue weighted by molar-refractivity contribution is 0.0725. The Morgan fingerprint density at radius 3 is 2.83 bits per heavy atom. The number of amides is 1. The van der Waals surface area contributed by atoms with Crippen molar-refractivity contribution in [3.05, 3.63) is 33.3 Å². The third kappa shape index (κ3) is 4.80. The van der Waals surface area contributed by atoms with Crippen molar-refractivity contribution in [1.82, 2.24) is 5.32 Å². The Labute approximate surface area is 124 Å². The van der Waals surface area contributed by atoms with Crippen LogP contribution in [0.2, 0.25) is 5.02 Å². The minimum Gasteiger partial charge on any atom is -0.387 e. The van der Waals surface area contributed by atoms with Crippen molar-refractivity contribution >= 4 is 45.2 Å². The Bertz CT molecular complexity index is 440. The van der Waals surface area contributed by atoms with Crippen molar-refractivity contribution in [3.8, 4) is 0 Å². The maximum Gasteiger partial charge on any atom is 0.251 e. The number of aliphatic hydroxyl groups is 1. The van der Waals surface area contributed by atoms with Gasteiger partial charge in [-0.3, -0.25) is 4.79 Å². The van der Waals surface area contributed by atoms with Crippen molar-refractivity contribution in [2.24, 2.45) is 0 Å². The highest BCUT2D eigenvalue weighted by Gasteiger charge is 2.20. The summed E-state index contributed by atoms with van der Waals surface area (Å²) in [5.41, 5.74) is -0.398. The van der Waals surface area contributed by atoms with Crippen molar-refractivity contribution in [2.45, 2.75) is 12.5 Å². The minimum atomic E-state index is -0.904. The smallest absolute Gasteiger partial charge is 0.251 e. The van der Waals surface area contributed by atoms with Crippen LogP contribution in [0.25, 0.3) is 0 Å². The van der Waals surface area contributed by atoms with Gasteiger partial charge in [0.15, 0.2) is 0 Å². The molecule has 0 radical (unpaired) electrons. The Kier molecular flexibility index (Phi) is 5.98. The molecule has 0 bridgehead atoms. The van der Waals surface area contributed by atoms with E-state index < -0.39 is 5.60 Å². The topological polar surface area (TPSA) is 49.3 Å². The maximum atomic E-state index is 11.9. The van der Waals surface area contributed by atoms with Gasteiger partial charge in [-0.2, -0.15) is 11.8 Å². The monoisotopic (exact) mass is 351 g/mol. The van der Waals surface area contributed by atoms with E-state index in [1.165, 1.54) is 11.8 Å². The first-order valence-corrected chi connectivity index (χ1v) is 7.87. The summed E-state index contributed by atoms with van der Waals surface area (Å²) in [6.07, 6.45) is 1.91. The first kappa shape index (κ1) is 15.8. The molecule has 0 heterocycles. The fourth-order valence-corrected chi connectivity index (χ4v) is 2.59. The van der Waals surface area contributed by atoms with Gasteiger partial charge in [-0.25, -0.2) is 0 Å². The predicted octanol–water partition coefficient (Wildman–Crippen LogP) is 2.95. The molecule has 0 fully saturated rings. The van der Waals surface area contributed by atoms with Crippen LogP contribution >= 0.6 is 39.3 Å². The van der Waals surface area contributed by atoms with E-state index in [2.05, 4.69) is 21.2 Å². The number of thioether (sulfide) groups is 1. The van der Waals surface area contributed by atoms with Gasteiger partial charge in [-0.05, 0) is 47.3 Å². The van der Waals surface area contributed by atoms with Gasteiger partial charge in [0.05, 0.1) is 10.6 Å². The predicted molar refractivity (Wildman–Crippen MR) is 80.5 cm³/mol. The second-order valence-corrected chi connectivity index (χ2v) is 6.37. The normalized spacial score (nSPS) is 14.1. The zero-order valence-electron chi connectivity index (χ0n) is 10.2. The molecule has 1 atom stereocenters. The summed E-state index contributed by atoms with van der Waals surface area (Å²) in [7, 11) is 0. The van der Waals surface area contributed by atoms with E-state index in [1.807, 2.05) is 6.26 Å². The zero-order chi connectivity index (χ0) is 13.8. The molecule has 0 aliphatic carbocycles. The maximum absolute atomic E-state index is 11.9. The Balaban J connectivity index is 2.63. The highest BCUT2D eigenvalue weighted by Crippen LogP contribution is 2.23. The van der Waals surface area contributed by atoms with E-state index in [0.717, 1.165) is 0 Å². The number of halogens is 2. The van der Waals surface area contributed by atoms with Crippen LogP contribution in [0, 0.1) is 0 Å². The molecule has 0 saturated heterocycles. The molecule has 2 N–H and O–H groups in total. The molecule has 0 aliphatic heterocycles. The Hall–Kier alpha value is -0.230. The summed E-state index contributed by atoms with van der Waals surface area (Å²) >= 11 is 10.7. The second-order valence-electron chi connectivity index (χ2n) is 4.24. The molecule has 1 aromatic rings. The van der Waals surface area contributed by atoms with Crippen molar-refractivity contribution < 1.29 is 9.90 Å². The van der Waals surface area contributed by atoms with Gasteiger partial charge in [0, 0.05) is 22.3 Å². The summed E-state index contributed by atoms with van der Waals surface area (Å²) in [5, 5.41) is 13.2. The van der Waals surface area contributed by atoms with Gasteiger partial charge in [-0.1, -0.05) is 11.6 Å². The SMILES string of the molecule is CSCC(C)(O)CNC(=O)c1ccc(Cl)c(Br)c1. The molecular weight excluding hydrogens is 338 g/mol. The van der Waals surface area contributed by atoms with Gasteiger partial charge in [0.25, 0.3) is 5.91 Å². The molecule has 6 heteroatoms. The van der Waals surface area contributed by atoms with Crippen molar-refractivity contribution in [3.63, 3.8) is 0 Å². The number of hydrogen-bond donors (Lipinski definition) is 2. The zero-order valence-corrected chi connectivity index (χ0v) is 13.3. The molecule has 18 heavy (non-hydrogen) atoms. The van der Waals surface area contributed by atoms with Crippen LogP contribution in [0.5, 0.6) is 0 Å². The number of carbonyl (C=O) groups is 1. The molecule has 1 rings (SSSR count).